The second kappa shape index (κ2) is 19.1. The summed E-state index contributed by atoms with van der Waals surface area (Å²) in [6.07, 6.45) is 7.72. The van der Waals surface area contributed by atoms with Gasteiger partial charge in [-0.25, -0.2) is 14.4 Å². The van der Waals surface area contributed by atoms with E-state index in [1.165, 1.54) is 19.5 Å². The van der Waals surface area contributed by atoms with Gasteiger partial charge in [0, 0.05) is 6.08 Å². The van der Waals surface area contributed by atoms with E-state index in [1.54, 1.807) is 73.7 Å². The van der Waals surface area contributed by atoms with Crippen LogP contribution < -0.4 is 14.4 Å². The maximum atomic E-state index is 12.6. The zero-order chi connectivity index (χ0) is 32.3. The summed E-state index contributed by atoms with van der Waals surface area (Å²) >= 11 is 0. The molecule has 0 aliphatic rings. The molecule has 0 saturated carbocycles. The Morgan fingerprint density at radius 1 is 0.778 bits per heavy atom. The second-order valence-corrected chi connectivity index (χ2v) is 9.34. The zero-order valence-electron chi connectivity index (χ0n) is 25.3. The highest BCUT2D eigenvalue weighted by Gasteiger charge is 2.15. The molecule has 0 aliphatic carbocycles. The van der Waals surface area contributed by atoms with E-state index in [-0.39, 0.29) is 11.3 Å². The summed E-state index contributed by atoms with van der Waals surface area (Å²) in [6.45, 7) is 6.37. The molecule has 0 heterocycles. The summed E-state index contributed by atoms with van der Waals surface area (Å²) < 4.78 is 20.9. The SMILES string of the molecule is C=CC(=O)OCCCCCCOc1ccc(C(=O)Oc2ccc(C=NN=Cc3ccc(OOCC)c(C(=O)OC)c3)cc2)cc1. The second-order valence-electron chi connectivity index (χ2n) is 9.34. The van der Waals surface area contributed by atoms with E-state index in [2.05, 4.69) is 16.8 Å². The molecule has 0 amide bonds. The van der Waals surface area contributed by atoms with Gasteiger partial charge in [0.2, 0.25) is 0 Å². The number of carbonyl (C=O) groups excluding carboxylic acids is 3. The monoisotopic (exact) mass is 616 g/mol. The molecule has 3 aromatic rings. The Labute approximate surface area is 262 Å². The first-order chi connectivity index (χ1) is 21.9. The highest BCUT2D eigenvalue weighted by Crippen LogP contribution is 2.21. The topological polar surface area (TPSA) is 131 Å². The van der Waals surface area contributed by atoms with Crippen molar-refractivity contribution in [2.24, 2.45) is 10.2 Å². The van der Waals surface area contributed by atoms with E-state index in [9.17, 15) is 14.4 Å². The first-order valence-electron chi connectivity index (χ1n) is 14.4. The first-order valence-corrected chi connectivity index (χ1v) is 14.4. The van der Waals surface area contributed by atoms with Crippen molar-refractivity contribution in [3.8, 4) is 17.2 Å². The standard InChI is InChI=1S/C34H36N2O9/c1-4-32(37)42-21-9-7-6-8-20-41-28-17-13-27(14-18-28)33(38)44-29-15-10-25(11-16-29)23-35-36-24-26-12-19-31(45-43-5-2)30(22-26)34(39)40-3/h4,10-19,22-24H,1,5-9,20-21H2,2-3H3. The molecule has 236 valence electrons. The van der Waals surface area contributed by atoms with Crippen molar-refractivity contribution in [2.75, 3.05) is 26.9 Å². The Hall–Kier alpha value is -5.29. The van der Waals surface area contributed by atoms with Gasteiger partial charge < -0.3 is 23.8 Å². The summed E-state index contributed by atoms with van der Waals surface area (Å²) in [5.74, 6) is -0.192. The lowest BCUT2D eigenvalue weighted by molar-refractivity contribution is -0.202. The summed E-state index contributed by atoms with van der Waals surface area (Å²) in [4.78, 5) is 45.7. The first kappa shape index (κ1) is 34.2. The molecule has 0 aromatic heterocycles. The number of esters is 3. The Bertz CT molecular complexity index is 1470. The largest absolute Gasteiger partial charge is 0.494 e. The van der Waals surface area contributed by atoms with E-state index >= 15 is 0 Å². The third kappa shape index (κ3) is 12.1. The fourth-order valence-electron chi connectivity index (χ4n) is 3.75. The maximum absolute atomic E-state index is 12.6. The maximum Gasteiger partial charge on any atom is 0.343 e. The number of methoxy groups -OCH3 is 1. The van der Waals surface area contributed by atoms with Crippen LogP contribution in [0.3, 0.4) is 0 Å². The molecular weight excluding hydrogens is 580 g/mol. The molecule has 0 bridgehead atoms. The van der Waals surface area contributed by atoms with Crippen LogP contribution in [0.1, 0.15) is 64.4 Å². The van der Waals surface area contributed by atoms with Gasteiger partial charge in [-0.05, 0) is 110 Å². The van der Waals surface area contributed by atoms with Crippen LogP contribution >= 0.6 is 0 Å². The van der Waals surface area contributed by atoms with Gasteiger partial charge in [-0.15, -0.1) is 0 Å². The number of hydrogen-bond donors (Lipinski definition) is 0. The van der Waals surface area contributed by atoms with Crippen molar-refractivity contribution in [3.63, 3.8) is 0 Å². The van der Waals surface area contributed by atoms with Gasteiger partial charge in [0.15, 0.2) is 5.75 Å². The van der Waals surface area contributed by atoms with Crippen LogP contribution in [0.15, 0.2) is 89.6 Å². The molecule has 0 radical (unpaired) electrons. The molecule has 3 rings (SSSR count). The highest BCUT2D eigenvalue weighted by molar-refractivity contribution is 5.95. The molecule has 0 unspecified atom stereocenters. The lowest BCUT2D eigenvalue weighted by Gasteiger charge is -2.08. The Morgan fingerprint density at radius 3 is 2.09 bits per heavy atom. The molecule has 3 aromatic carbocycles. The lowest BCUT2D eigenvalue weighted by Crippen LogP contribution is -2.08. The molecule has 0 aliphatic heterocycles. The quantitative estimate of drug-likeness (QED) is 0.0314. The number of unbranched alkanes of at least 4 members (excludes halogenated alkanes) is 3. The van der Waals surface area contributed by atoms with Crippen molar-refractivity contribution in [3.05, 3.63) is 102 Å². The molecule has 11 nitrogen and oxygen atoms in total. The van der Waals surface area contributed by atoms with Gasteiger partial charge in [0.05, 0.1) is 44.9 Å². The van der Waals surface area contributed by atoms with E-state index in [4.69, 9.17) is 28.7 Å². The van der Waals surface area contributed by atoms with Crippen molar-refractivity contribution in [1.82, 2.24) is 0 Å². The highest BCUT2D eigenvalue weighted by atomic mass is 17.2. The van der Waals surface area contributed by atoms with E-state index in [0.29, 0.717) is 42.4 Å². The van der Waals surface area contributed by atoms with Crippen LogP contribution in [0.5, 0.6) is 17.2 Å². The normalized spacial score (nSPS) is 10.9. The van der Waals surface area contributed by atoms with Crippen LogP contribution in [0.4, 0.5) is 0 Å². The van der Waals surface area contributed by atoms with Crippen LogP contribution in [0.2, 0.25) is 0 Å². The number of hydrogen-bond acceptors (Lipinski definition) is 11. The number of benzene rings is 3. The molecule has 0 spiro atoms. The van der Waals surface area contributed by atoms with Crippen LogP contribution in [0, 0.1) is 0 Å². The summed E-state index contributed by atoms with van der Waals surface area (Å²) in [7, 11) is 1.28. The minimum atomic E-state index is -0.572. The molecule has 0 atom stereocenters. The Balaban J connectivity index is 1.42. The molecular formula is C34H36N2O9. The minimum absolute atomic E-state index is 0.193. The molecule has 0 N–H and O–H groups in total. The van der Waals surface area contributed by atoms with E-state index < -0.39 is 17.9 Å². The Kier molecular flexibility index (Phi) is 14.5. The number of nitrogens with zero attached hydrogens (tertiary/aromatic N) is 2. The number of ether oxygens (including phenoxy) is 4. The van der Waals surface area contributed by atoms with E-state index in [1.807, 2.05) is 0 Å². The van der Waals surface area contributed by atoms with Gasteiger partial charge >= 0.3 is 17.9 Å². The predicted molar refractivity (Wildman–Crippen MR) is 168 cm³/mol. The van der Waals surface area contributed by atoms with Crippen LogP contribution in [-0.4, -0.2) is 57.3 Å². The van der Waals surface area contributed by atoms with Crippen molar-refractivity contribution in [1.29, 1.82) is 0 Å². The number of carbonyl (C=O) groups is 3. The zero-order valence-corrected chi connectivity index (χ0v) is 25.3. The average Bonchev–Trinajstić information content (AvgIpc) is 3.07. The van der Waals surface area contributed by atoms with Gasteiger partial charge in [-0.1, -0.05) is 6.58 Å². The average molecular weight is 617 g/mol. The molecule has 0 fully saturated rings. The van der Waals surface area contributed by atoms with Crippen molar-refractivity contribution < 1.29 is 43.1 Å². The van der Waals surface area contributed by atoms with Gasteiger partial charge in [0.1, 0.15) is 17.1 Å². The lowest BCUT2D eigenvalue weighted by atomic mass is 10.1. The van der Waals surface area contributed by atoms with Gasteiger partial charge in [-0.2, -0.15) is 15.1 Å². The number of rotatable bonds is 18. The van der Waals surface area contributed by atoms with Crippen LogP contribution in [-0.2, 0) is 19.2 Å². The summed E-state index contributed by atoms with van der Waals surface area (Å²) in [5, 5.41) is 8.06. The smallest absolute Gasteiger partial charge is 0.343 e. The van der Waals surface area contributed by atoms with Crippen molar-refractivity contribution >= 4 is 30.3 Å². The molecule has 11 heteroatoms. The van der Waals surface area contributed by atoms with Crippen molar-refractivity contribution in [2.45, 2.75) is 32.6 Å². The minimum Gasteiger partial charge on any atom is -0.494 e. The third-order valence-corrected chi connectivity index (χ3v) is 6.05. The van der Waals surface area contributed by atoms with Gasteiger partial charge in [0.25, 0.3) is 0 Å². The fraction of sp³-hybridized carbons (Fsp3) is 0.265. The summed E-state index contributed by atoms with van der Waals surface area (Å²) in [5.41, 5.74) is 1.93. The third-order valence-electron chi connectivity index (χ3n) is 6.05. The Morgan fingerprint density at radius 2 is 1.42 bits per heavy atom. The van der Waals surface area contributed by atoms with Gasteiger partial charge in [-0.3, -0.25) is 0 Å². The van der Waals surface area contributed by atoms with Crippen LogP contribution in [0.25, 0.3) is 0 Å². The van der Waals surface area contributed by atoms with E-state index in [0.717, 1.165) is 37.3 Å². The fourth-order valence-corrected chi connectivity index (χ4v) is 3.75. The molecule has 45 heavy (non-hydrogen) atoms. The predicted octanol–water partition coefficient (Wildman–Crippen LogP) is 6.14. The summed E-state index contributed by atoms with van der Waals surface area (Å²) in [6, 6.07) is 18.4. The molecule has 0 saturated heterocycles.